The number of methoxy groups -OCH3 is 1. The smallest absolute Gasteiger partial charge is 0.212 e. The van der Waals surface area contributed by atoms with Gasteiger partial charge in [-0.05, 0) is 12.0 Å². The fraction of sp³-hybridized carbons (Fsp3) is 0.500. The van der Waals surface area contributed by atoms with E-state index in [1.54, 1.807) is 13.3 Å². The summed E-state index contributed by atoms with van der Waals surface area (Å²) < 4.78 is 4.97. The standard InChI is InChI=1S/C10H14N2O2/c1-14-10-3-2-7(5-12-10)9-4-8(13)6-11-9/h2-3,5,8-9,11,13H,4,6H2,1H3. The maximum Gasteiger partial charge on any atom is 0.212 e. The van der Waals surface area contributed by atoms with Crippen LogP contribution in [0.1, 0.15) is 18.0 Å². The molecule has 2 unspecified atom stereocenters. The number of pyridine rings is 1. The average Bonchev–Trinajstić information content (AvgIpc) is 2.65. The quantitative estimate of drug-likeness (QED) is 0.719. The maximum absolute atomic E-state index is 9.35. The third kappa shape index (κ3) is 1.86. The number of aromatic nitrogens is 1. The fourth-order valence-electron chi connectivity index (χ4n) is 1.69. The molecule has 2 N–H and O–H groups in total. The molecule has 1 aromatic rings. The van der Waals surface area contributed by atoms with E-state index < -0.39 is 0 Å². The van der Waals surface area contributed by atoms with E-state index in [0.717, 1.165) is 12.0 Å². The van der Waals surface area contributed by atoms with E-state index in [1.807, 2.05) is 12.1 Å². The van der Waals surface area contributed by atoms with Gasteiger partial charge in [-0.1, -0.05) is 6.07 Å². The lowest BCUT2D eigenvalue weighted by atomic mass is 10.1. The molecule has 1 aliphatic rings. The number of hydrogen-bond donors (Lipinski definition) is 2. The molecule has 76 valence electrons. The number of aliphatic hydroxyl groups is 1. The van der Waals surface area contributed by atoms with Crippen LogP contribution in [0.2, 0.25) is 0 Å². The molecule has 2 rings (SSSR count). The van der Waals surface area contributed by atoms with Gasteiger partial charge in [0.25, 0.3) is 0 Å². The minimum atomic E-state index is -0.234. The molecule has 4 nitrogen and oxygen atoms in total. The van der Waals surface area contributed by atoms with Crippen LogP contribution in [0.25, 0.3) is 0 Å². The second-order valence-electron chi connectivity index (χ2n) is 3.48. The van der Waals surface area contributed by atoms with Gasteiger partial charge in [0.15, 0.2) is 0 Å². The number of aliphatic hydroxyl groups excluding tert-OH is 1. The van der Waals surface area contributed by atoms with E-state index in [2.05, 4.69) is 10.3 Å². The van der Waals surface area contributed by atoms with Crippen molar-refractivity contribution in [2.24, 2.45) is 0 Å². The topological polar surface area (TPSA) is 54.4 Å². The summed E-state index contributed by atoms with van der Waals surface area (Å²) in [5.41, 5.74) is 1.10. The molecule has 0 bridgehead atoms. The Kier molecular flexibility index (Phi) is 2.65. The molecule has 0 saturated carbocycles. The van der Waals surface area contributed by atoms with Crippen molar-refractivity contribution in [2.75, 3.05) is 13.7 Å². The summed E-state index contributed by atoms with van der Waals surface area (Å²) in [6.07, 6.45) is 2.31. The number of ether oxygens (including phenoxy) is 1. The highest BCUT2D eigenvalue weighted by atomic mass is 16.5. The van der Waals surface area contributed by atoms with Crippen molar-refractivity contribution in [3.63, 3.8) is 0 Å². The molecular formula is C10H14N2O2. The van der Waals surface area contributed by atoms with Crippen LogP contribution >= 0.6 is 0 Å². The van der Waals surface area contributed by atoms with Crippen molar-refractivity contribution >= 4 is 0 Å². The van der Waals surface area contributed by atoms with Crippen LogP contribution in [0.4, 0.5) is 0 Å². The second-order valence-corrected chi connectivity index (χ2v) is 3.48. The monoisotopic (exact) mass is 194 g/mol. The molecule has 14 heavy (non-hydrogen) atoms. The van der Waals surface area contributed by atoms with Gasteiger partial charge in [-0.2, -0.15) is 0 Å². The Labute approximate surface area is 82.9 Å². The summed E-state index contributed by atoms with van der Waals surface area (Å²) in [5.74, 6) is 0.618. The first-order chi connectivity index (χ1) is 6.79. The number of β-amino-alcohol motifs (C(OH)–C–C–N with tert-alkyl or cyclic N) is 1. The minimum Gasteiger partial charge on any atom is -0.481 e. The Morgan fingerprint density at radius 3 is 2.93 bits per heavy atom. The lowest BCUT2D eigenvalue weighted by Gasteiger charge is -2.09. The van der Waals surface area contributed by atoms with Gasteiger partial charge in [0.05, 0.1) is 13.2 Å². The normalized spacial score (nSPS) is 26.4. The Balaban J connectivity index is 2.09. The van der Waals surface area contributed by atoms with Crippen LogP contribution in [-0.2, 0) is 0 Å². The Morgan fingerprint density at radius 1 is 1.57 bits per heavy atom. The van der Waals surface area contributed by atoms with Crippen LogP contribution < -0.4 is 10.1 Å². The molecule has 0 radical (unpaired) electrons. The summed E-state index contributed by atoms with van der Waals surface area (Å²) >= 11 is 0. The lowest BCUT2D eigenvalue weighted by Crippen LogP contribution is -2.14. The Bertz CT molecular complexity index is 299. The Hall–Kier alpha value is -1.13. The minimum absolute atomic E-state index is 0.225. The van der Waals surface area contributed by atoms with Gasteiger partial charge in [0.1, 0.15) is 0 Å². The fourth-order valence-corrected chi connectivity index (χ4v) is 1.69. The van der Waals surface area contributed by atoms with E-state index in [0.29, 0.717) is 12.4 Å². The molecule has 4 heteroatoms. The zero-order chi connectivity index (χ0) is 9.97. The molecule has 2 atom stereocenters. The third-order valence-electron chi connectivity index (χ3n) is 2.48. The highest BCUT2D eigenvalue weighted by Gasteiger charge is 2.23. The summed E-state index contributed by atoms with van der Waals surface area (Å²) in [7, 11) is 1.60. The van der Waals surface area contributed by atoms with Crippen molar-refractivity contribution in [1.82, 2.24) is 10.3 Å². The van der Waals surface area contributed by atoms with Gasteiger partial charge in [-0.3, -0.25) is 0 Å². The van der Waals surface area contributed by atoms with Gasteiger partial charge in [0.2, 0.25) is 5.88 Å². The number of rotatable bonds is 2. The predicted molar refractivity (Wildman–Crippen MR) is 52.2 cm³/mol. The van der Waals surface area contributed by atoms with Crippen molar-refractivity contribution in [3.8, 4) is 5.88 Å². The first kappa shape index (κ1) is 9.43. The molecule has 1 aromatic heterocycles. The zero-order valence-corrected chi connectivity index (χ0v) is 8.10. The average molecular weight is 194 g/mol. The van der Waals surface area contributed by atoms with E-state index >= 15 is 0 Å². The largest absolute Gasteiger partial charge is 0.481 e. The van der Waals surface area contributed by atoms with E-state index in [1.165, 1.54) is 0 Å². The van der Waals surface area contributed by atoms with Gasteiger partial charge in [-0.15, -0.1) is 0 Å². The molecule has 0 amide bonds. The van der Waals surface area contributed by atoms with Gasteiger partial charge in [-0.25, -0.2) is 4.98 Å². The molecule has 1 fully saturated rings. The summed E-state index contributed by atoms with van der Waals surface area (Å²) in [6, 6.07) is 4.03. The molecule has 0 spiro atoms. The van der Waals surface area contributed by atoms with Crippen LogP contribution in [0.15, 0.2) is 18.3 Å². The van der Waals surface area contributed by atoms with Gasteiger partial charge < -0.3 is 15.2 Å². The van der Waals surface area contributed by atoms with Crippen molar-refractivity contribution in [1.29, 1.82) is 0 Å². The molecule has 2 heterocycles. The van der Waals surface area contributed by atoms with E-state index in [4.69, 9.17) is 4.74 Å². The molecule has 1 aliphatic heterocycles. The SMILES string of the molecule is COc1ccc(C2CC(O)CN2)cn1. The van der Waals surface area contributed by atoms with E-state index in [9.17, 15) is 5.11 Å². The van der Waals surface area contributed by atoms with Gasteiger partial charge >= 0.3 is 0 Å². The van der Waals surface area contributed by atoms with Crippen molar-refractivity contribution < 1.29 is 9.84 Å². The number of nitrogens with one attached hydrogen (secondary N) is 1. The highest BCUT2D eigenvalue weighted by molar-refractivity contribution is 5.21. The predicted octanol–water partition coefficient (Wildman–Crippen LogP) is 0.485. The number of nitrogens with zero attached hydrogens (tertiary/aromatic N) is 1. The molecule has 0 aromatic carbocycles. The first-order valence-electron chi connectivity index (χ1n) is 4.71. The lowest BCUT2D eigenvalue weighted by molar-refractivity contribution is 0.193. The van der Waals surface area contributed by atoms with Crippen LogP contribution in [0.5, 0.6) is 5.88 Å². The summed E-state index contributed by atoms with van der Waals surface area (Å²) in [4.78, 5) is 4.12. The zero-order valence-electron chi connectivity index (χ0n) is 8.10. The molecular weight excluding hydrogens is 180 g/mol. The number of hydrogen-bond acceptors (Lipinski definition) is 4. The summed E-state index contributed by atoms with van der Waals surface area (Å²) in [5, 5.41) is 12.6. The molecule has 1 saturated heterocycles. The maximum atomic E-state index is 9.35. The van der Waals surface area contributed by atoms with Crippen molar-refractivity contribution in [2.45, 2.75) is 18.6 Å². The van der Waals surface area contributed by atoms with Crippen molar-refractivity contribution in [3.05, 3.63) is 23.9 Å². The highest BCUT2D eigenvalue weighted by Crippen LogP contribution is 2.23. The third-order valence-corrected chi connectivity index (χ3v) is 2.48. The van der Waals surface area contributed by atoms with Crippen LogP contribution in [0, 0.1) is 0 Å². The summed E-state index contributed by atoms with van der Waals surface area (Å²) in [6.45, 7) is 0.663. The van der Waals surface area contributed by atoms with Crippen LogP contribution in [-0.4, -0.2) is 29.8 Å². The second kappa shape index (κ2) is 3.94. The van der Waals surface area contributed by atoms with Crippen LogP contribution in [0.3, 0.4) is 0 Å². The first-order valence-corrected chi connectivity index (χ1v) is 4.71. The molecule has 0 aliphatic carbocycles. The van der Waals surface area contributed by atoms with Gasteiger partial charge in [0, 0.05) is 24.8 Å². The van der Waals surface area contributed by atoms with E-state index in [-0.39, 0.29) is 12.1 Å². The Morgan fingerprint density at radius 2 is 2.43 bits per heavy atom.